The van der Waals surface area contributed by atoms with E-state index >= 15 is 0 Å². The molecule has 1 aliphatic heterocycles. The van der Waals surface area contributed by atoms with Crippen LogP contribution < -0.4 is 15.4 Å². The van der Waals surface area contributed by atoms with Crippen molar-refractivity contribution in [3.05, 3.63) is 58.1 Å². The maximum atomic E-state index is 12.6. The van der Waals surface area contributed by atoms with Gasteiger partial charge in [0.05, 0.1) is 10.6 Å². The lowest BCUT2D eigenvalue weighted by Crippen LogP contribution is -2.40. The first kappa shape index (κ1) is 22.3. The molecular formula is C23H27BrN2O4. The first-order valence-electron chi connectivity index (χ1n) is 9.99. The van der Waals surface area contributed by atoms with Gasteiger partial charge in [0.1, 0.15) is 12.4 Å². The minimum absolute atomic E-state index is 0.133. The standard InChI is InChI=1S/C23H27BrN2O4/c1-23(2,3)26-22(28)15-6-9-17(10-7-15)25-21(27)16-8-11-20(19(24)13-16)30-14-18-5-4-12-29-18/h6-11,13,18H,4-5,12,14H2,1-3H3,(H,25,27)(H,26,28). The van der Waals surface area contributed by atoms with E-state index in [1.165, 1.54) is 0 Å². The fourth-order valence-corrected chi connectivity index (χ4v) is 3.53. The van der Waals surface area contributed by atoms with Gasteiger partial charge >= 0.3 is 0 Å². The van der Waals surface area contributed by atoms with Gasteiger partial charge in [0, 0.05) is 29.0 Å². The van der Waals surface area contributed by atoms with Crippen LogP contribution in [0.3, 0.4) is 0 Å². The summed E-state index contributed by atoms with van der Waals surface area (Å²) in [6.07, 6.45) is 2.21. The Bertz CT molecular complexity index is 900. The Morgan fingerprint density at radius 3 is 2.40 bits per heavy atom. The average molecular weight is 475 g/mol. The summed E-state index contributed by atoms with van der Waals surface area (Å²) < 4.78 is 12.1. The van der Waals surface area contributed by atoms with Gasteiger partial charge in [-0.05, 0) is 92.0 Å². The highest BCUT2D eigenvalue weighted by atomic mass is 79.9. The number of carbonyl (C=O) groups is 2. The van der Waals surface area contributed by atoms with Gasteiger partial charge in [0.15, 0.2) is 0 Å². The van der Waals surface area contributed by atoms with Crippen molar-refractivity contribution in [3.8, 4) is 5.75 Å². The molecule has 1 fully saturated rings. The Labute approximate surface area is 185 Å². The molecule has 2 amide bonds. The smallest absolute Gasteiger partial charge is 0.255 e. The van der Waals surface area contributed by atoms with Crippen molar-refractivity contribution in [1.29, 1.82) is 0 Å². The third-order valence-electron chi connectivity index (χ3n) is 4.54. The topological polar surface area (TPSA) is 76.7 Å². The van der Waals surface area contributed by atoms with Gasteiger partial charge < -0.3 is 20.1 Å². The summed E-state index contributed by atoms with van der Waals surface area (Å²) in [4.78, 5) is 24.8. The predicted octanol–water partition coefficient (Wildman–Crippen LogP) is 4.79. The third-order valence-corrected chi connectivity index (χ3v) is 5.16. The molecule has 0 radical (unpaired) electrons. The Hall–Kier alpha value is -2.38. The van der Waals surface area contributed by atoms with Gasteiger partial charge in [-0.3, -0.25) is 9.59 Å². The quantitative estimate of drug-likeness (QED) is 0.630. The molecular weight excluding hydrogens is 448 g/mol. The Morgan fingerprint density at radius 2 is 1.80 bits per heavy atom. The molecule has 0 aliphatic carbocycles. The van der Waals surface area contributed by atoms with Crippen LogP contribution in [0.1, 0.15) is 54.3 Å². The zero-order valence-electron chi connectivity index (χ0n) is 17.5. The van der Waals surface area contributed by atoms with Gasteiger partial charge in [-0.2, -0.15) is 0 Å². The van der Waals surface area contributed by atoms with Gasteiger partial charge in [-0.25, -0.2) is 0 Å². The predicted molar refractivity (Wildman–Crippen MR) is 120 cm³/mol. The van der Waals surface area contributed by atoms with Crippen LogP contribution in [0.2, 0.25) is 0 Å². The molecule has 0 saturated carbocycles. The van der Waals surface area contributed by atoms with E-state index in [4.69, 9.17) is 9.47 Å². The minimum Gasteiger partial charge on any atom is -0.490 e. The highest BCUT2D eigenvalue weighted by Gasteiger charge is 2.18. The number of ether oxygens (including phenoxy) is 2. The Kier molecular flexibility index (Phi) is 7.15. The zero-order valence-corrected chi connectivity index (χ0v) is 19.0. The fraction of sp³-hybridized carbons (Fsp3) is 0.391. The summed E-state index contributed by atoms with van der Waals surface area (Å²) in [7, 11) is 0. The second-order valence-electron chi connectivity index (χ2n) is 8.33. The van der Waals surface area contributed by atoms with Crippen LogP contribution in [0.25, 0.3) is 0 Å². The third kappa shape index (κ3) is 6.31. The summed E-state index contributed by atoms with van der Waals surface area (Å²) in [6.45, 7) is 7.07. The molecule has 0 spiro atoms. The maximum Gasteiger partial charge on any atom is 0.255 e. The van der Waals surface area contributed by atoms with Crippen LogP contribution in [-0.2, 0) is 4.74 Å². The molecule has 1 unspecified atom stereocenters. The van der Waals surface area contributed by atoms with Crippen LogP contribution in [-0.4, -0.2) is 36.7 Å². The molecule has 6 nitrogen and oxygen atoms in total. The first-order valence-corrected chi connectivity index (χ1v) is 10.8. The van der Waals surface area contributed by atoms with E-state index in [-0.39, 0.29) is 23.5 Å². The van der Waals surface area contributed by atoms with Gasteiger partial charge in [0.2, 0.25) is 0 Å². The van der Waals surface area contributed by atoms with Gasteiger partial charge in [-0.1, -0.05) is 0 Å². The van der Waals surface area contributed by atoms with Gasteiger partial charge in [0.25, 0.3) is 11.8 Å². The van der Waals surface area contributed by atoms with Crippen molar-refractivity contribution in [2.75, 3.05) is 18.5 Å². The number of hydrogen-bond acceptors (Lipinski definition) is 4. The summed E-state index contributed by atoms with van der Waals surface area (Å²) in [5.74, 6) is 0.285. The lowest BCUT2D eigenvalue weighted by Gasteiger charge is -2.20. The number of halogens is 1. The highest BCUT2D eigenvalue weighted by molar-refractivity contribution is 9.10. The molecule has 0 aromatic heterocycles. The van der Waals surface area contributed by atoms with Crippen LogP contribution in [0.4, 0.5) is 5.69 Å². The highest BCUT2D eigenvalue weighted by Crippen LogP contribution is 2.27. The Balaban J connectivity index is 1.58. The van der Waals surface area contributed by atoms with E-state index in [1.807, 2.05) is 20.8 Å². The number of carbonyl (C=O) groups excluding carboxylic acids is 2. The molecule has 160 valence electrons. The Morgan fingerprint density at radius 1 is 1.10 bits per heavy atom. The number of rotatable bonds is 6. The van der Waals surface area contributed by atoms with Crippen molar-refractivity contribution >= 4 is 33.4 Å². The van der Waals surface area contributed by atoms with E-state index < -0.39 is 0 Å². The SMILES string of the molecule is CC(C)(C)NC(=O)c1ccc(NC(=O)c2ccc(OCC3CCCO3)c(Br)c2)cc1. The fourth-order valence-electron chi connectivity index (χ4n) is 3.04. The summed E-state index contributed by atoms with van der Waals surface area (Å²) in [5.41, 5.74) is 1.35. The molecule has 0 bridgehead atoms. The molecule has 30 heavy (non-hydrogen) atoms. The summed E-state index contributed by atoms with van der Waals surface area (Å²) in [5, 5.41) is 5.75. The van der Waals surface area contributed by atoms with E-state index in [1.54, 1.807) is 42.5 Å². The van der Waals surface area contributed by atoms with Crippen molar-refractivity contribution in [2.24, 2.45) is 0 Å². The maximum absolute atomic E-state index is 12.6. The van der Waals surface area contributed by atoms with Gasteiger partial charge in [-0.15, -0.1) is 0 Å². The average Bonchev–Trinajstić information content (AvgIpc) is 3.19. The number of hydrogen-bond donors (Lipinski definition) is 2. The van der Waals surface area contributed by atoms with Crippen LogP contribution in [0, 0.1) is 0 Å². The largest absolute Gasteiger partial charge is 0.490 e. The molecule has 2 aromatic rings. The number of anilines is 1. The van der Waals surface area contributed by atoms with Crippen molar-refractivity contribution in [2.45, 2.75) is 45.3 Å². The molecule has 1 heterocycles. The molecule has 2 aromatic carbocycles. The monoisotopic (exact) mass is 474 g/mol. The van der Waals surface area contributed by atoms with Crippen LogP contribution in [0.15, 0.2) is 46.9 Å². The second kappa shape index (κ2) is 9.62. The lowest BCUT2D eigenvalue weighted by atomic mass is 10.1. The summed E-state index contributed by atoms with van der Waals surface area (Å²) >= 11 is 3.47. The van der Waals surface area contributed by atoms with E-state index in [0.29, 0.717) is 33.6 Å². The molecule has 3 rings (SSSR count). The number of nitrogens with one attached hydrogen (secondary N) is 2. The molecule has 1 saturated heterocycles. The second-order valence-corrected chi connectivity index (χ2v) is 9.18. The van der Waals surface area contributed by atoms with Crippen LogP contribution in [0.5, 0.6) is 5.75 Å². The van der Waals surface area contributed by atoms with E-state index in [9.17, 15) is 9.59 Å². The molecule has 7 heteroatoms. The van der Waals surface area contributed by atoms with Crippen molar-refractivity contribution < 1.29 is 19.1 Å². The van der Waals surface area contributed by atoms with E-state index in [2.05, 4.69) is 26.6 Å². The zero-order chi connectivity index (χ0) is 21.7. The van der Waals surface area contributed by atoms with E-state index in [0.717, 1.165) is 19.4 Å². The van der Waals surface area contributed by atoms with Crippen LogP contribution >= 0.6 is 15.9 Å². The normalized spacial score (nSPS) is 16.2. The molecule has 1 aliphatic rings. The molecule has 2 N–H and O–H groups in total. The van der Waals surface area contributed by atoms with Crippen molar-refractivity contribution in [1.82, 2.24) is 5.32 Å². The number of amides is 2. The molecule has 1 atom stereocenters. The summed E-state index contributed by atoms with van der Waals surface area (Å²) in [6, 6.07) is 12.0. The minimum atomic E-state index is -0.308. The van der Waals surface area contributed by atoms with Crippen molar-refractivity contribution in [3.63, 3.8) is 0 Å². The number of benzene rings is 2. The lowest BCUT2D eigenvalue weighted by molar-refractivity contribution is 0.0677. The first-order chi connectivity index (χ1) is 14.2.